The summed E-state index contributed by atoms with van der Waals surface area (Å²) in [6.07, 6.45) is 0. The summed E-state index contributed by atoms with van der Waals surface area (Å²) >= 11 is 7.43. The van der Waals surface area contributed by atoms with Crippen molar-refractivity contribution in [2.75, 3.05) is 0 Å². The molecule has 0 unspecified atom stereocenters. The van der Waals surface area contributed by atoms with Crippen molar-refractivity contribution in [3.05, 3.63) is 101 Å². The van der Waals surface area contributed by atoms with E-state index in [1.54, 1.807) is 12.1 Å². The highest BCUT2D eigenvalue weighted by Crippen LogP contribution is 2.27. The Labute approximate surface area is 205 Å². The highest BCUT2D eigenvalue weighted by atomic mass is 35.5. The molecule has 0 saturated heterocycles. The van der Waals surface area contributed by atoms with Gasteiger partial charge in [-0.05, 0) is 55.0 Å². The van der Waals surface area contributed by atoms with Gasteiger partial charge in [0.2, 0.25) is 11.8 Å². The van der Waals surface area contributed by atoms with E-state index in [1.807, 2.05) is 78.2 Å². The van der Waals surface area contributed by atoms with E-state index in [1.165, 1.54) is 11.8 Å². The van der Waals surface area contributed by atoms with Gasteiger partial charge in [0.05, 0.1) is 5.75 Å². The number of rotatable bonds is 8. The number of thioether (sulfide) groups is 1. The number of nitrogens with zero attached hydrogens (tertiary/aromatic N) is 5. The van der Waals surface area contributed by atoms with Crippen LogP contribution in [0.4, 0.5) is 0 Å². The standard InChI is InChI=1S/C25H20ClN5O2S/c1-17-7-5-6-10-21(17)32-15-22-27-30-25(31(22)20-8-3-2-4-9-20)34-16-23-28-29-24(33-23)18-11-13-19(26)14-12-18/h2-14H,15-16H2,1H3. The second-order valence-corrected chi connectivity index (χ2v) is 8.80. The van der Waals surface area contributed by atoms with Crippen molar-refractivity contribution in [3.8, 4) is 22.9 Å². The molecule has 0 amide bonds. The fourth-order valence-electron chi connectivity index (χ4n) is 3.33. The molecule has 2 aromatic heterocycles. The SMILES string of the molecule is Cc1ccccc1OCc1nnc(SCc2nnc(-c3ccc(Cl)cc3)o2)n1-c1ccccc1. The lowest BCUT2D eigenvalue weighted by molar-refractivity contribution is 0.291. The predicted molar refractivity (Wildman–Crippen MR) is 131 cm³/mol. The maximum absolute atomic E-state index is 6.04. The van der Waals surface area contributed by atoms with Gasteiger partial charge in [-0.3, -0.25) is 4.57 Å². The third kappa shape index (κ3) is 4.98. The lowest BCUT2D eigenvalue weighted by atomic mass is 10.2. The Morgan fingerprint density at radius 1 is 0.882 bits per heavy atom. The van der Waals surface area contributed by atoms with Crippen LogP contribution in [0.15, 0.2) is 88.4 Å². The lowest BCUT2D eigenvalue weighted by Crippen LogP contribution is -2.07. The molecule has 7 nitrogen and oxygen atoms in total. The van der Waals surface area contributed by atoms with Crippen molar-refractivity contribution in [2.24, 2.45) is 0 Å². The summed E-state index contributed by atoms with van der Waals surface area (Å²) < 4.78 is 13.9. The van der Waals surface area contributed by atoms with E-state index < -0.39 is 0 Å². The smallest absolute Gasteiger partial charge is 0.247 e. The van der Waals surface area contributed by atoms with E-state index in [4.69, 9.17) is 20.8 Å². The van der Waals surface area contributed by atoms with Gasteiger partial charge in [0.15, 0.2) is 11.0 Å². The molecule has 0 bridgehead atoms. The molecule has 0 fully saturated rings. The molecule has 0 aliphatic carbocycles. The van der Waals surface area contributed by atoms with Crippen molar-refractivity contribution in [1.82, 2.24) is 25.0 Å². The minimum absolute atomic E-state index is 0.286. The van der Waals surface area contributed by atoms with Gasteiger partial charge >= 0.3 is 0 Å². The van der Waals surface area contributed by atoms with E-state index >= 15 is 0 Å². The number of benzene rings is 3. The molecule has 9 heteroatoms. The summed E-state index contributed by atoms with van der Waals surface area (Å²) in [5.41, 5.74) is 2.83. The fourth-order valence-corrected chi connectivity index (χ4v) is 4.27. The Hall–Kier alpha value is -3.62. The van der Waals surface area contributed by atoms with E-state index in [2.05, 4.69) is 20.4 Å². The van der Waals surface area contributed by atoms with Crippen molar-refractivity contribution in [2.45, 2.75) is 24.4 Å². The van der Waals surface area contributed by atoms with Crippen molar-refractivity contribution in [3.63, 3.8) is 0 Å². The van der Waals surface area contributed by atoms with E-state index in [9.17, 15) is 0 Å². The van der Waals surface area contributed by atoms with Gasteiger partial charge in [-0.25, -0.2) is 0 Å². The summed E-state index contributed by atoms with van der Waals surface area (Å²) in [6.45, 7) is 2.30. The van der Waals surface area contributed by atoms with E-state index in [-0.39, 0.29) is 6.61 Å². The molecular formula is C25H20ClN5O2S. The zero-order chi connectivity index (χ0) is 23.3. The highest BCUT2D eigenvalue weighted by Gasteiger charge is 2.17. The molecule has 0 spiro atoms. The maximum Gasteiger partial charge on any atom is 0.247 e. The first-order chi connectivity index (χ1) is 16.7. The number of hydrogen-bond donors (Lipinski definition) is 0. The largest absolute Gasteiger partial charge is 0.485 e. The second kappa shape index (κ2) is 10.1. The Kier molecular flexibility index (Phi) is 6.60. The minimum Gasteiger partial charge on any atom is -0.485 e. The number of ether oxygens (including phenoxy) is 1. The molecule has 0 atom stereocenters. The summed E-state index contributed by atoms with van der Waals surface area (Å²) in [7, 11) is 0. The molecule has 0 radical (unpaired) electrons. The van der Waals surface area contributed by atoms with Gasteiger partial charge in [-0.15, -0.1) is 20.4 Å². The third-order valence-electron chi connectivity index (χ3n) is 5.05. The topological polar surface area (TPSA) is 78.9 Å². The number of para-hydroxylation sites is 2. The molecule has 170 valence electrons. The van der Waals surface area contributed by atoms with Gasteiger partial charge < -0.3 is 9.15 Å². The fraction of sp³-hybridized carbons (Fsp3) is 0.120. The minimum atomic E-state index is 0.286. The number of aryl methyl sites for hydroxylation is 1. The number of halogens is 1. The van der Waals surface area contributed by atoms with Crippen LogP contribution in [0.5, 0.6) is 5.75 Å². The maximum atomic E-state index is 6.04. The third-order valence-corrected chi connectivity index (χ3v) is 6.21. The van der Waals surface area contributed by atoms with Crippen LogP contribution in [-0.2, 0) is 12.4 Å². The normalized spacial score (nSPS) is 11.0. The molecule has 34 heavy (non-hydrogen) atoms. The molecule has 5 rings (SSSR count). The molecular weight excluding hydrogens is 470 g/mol. The molecule has 0 aliphatic heterocycles. The first-order valence-electron chi connectivity index (χ1n) is 10.6. The second-order valence-electron chi connectivity index (χ2n) is 7.42. The average Bonchev–Trinajstić information content (AvgIpc) is 3.50. The zero-order valence-corrected chi connectivity index (χ0v) is 19.8. The summed E-state index contributed by atoms with van der Waals surface area (Å²) in [4.78, 5) is 0. The van der Waals surface area contributed by atoms with Crippen LogP contribution in [0, 0.1) is 6.92 Å². The molecule has 0 saturated carbocycles. The summed E-state index contributed by atoms with van der Waals surface area (Å²) in [6, 6.07) is 25.1. The molecule has 5 aromatic rings. The van der Waals surface area contributed by atoms with Gasteiger partial charge in [0, 0.05) is 16.3 Å². The summed E-state index contributed by atoms with van der Waals surface area (Å²) in [5.74, 6) is 2.91. The first kappa shape index (κ1) is 22.2. The van der Waals surface area contributed by atoms with Gasteiger partial charge in [-0.2, -0.15) is 0 Å². The summed E-state index contributed by atoms with van der Waals surface area (Å²) in [5, 5.41) is 18.5. The molecule has 0 N–H and O–H groups in total. The van der Waals surface area contributed by atoms with Crippen LogP contribution in [0.25, 0.3) is 17.1 Å². The van der Waals surface area contributed by atoms with Gasteiger partial charge in [0.25, 0.3) is 0 Å². The number of hydrogen-bond acceptors (Lipinski definition) is 7. The van der Waals surface area contributed by atoms with Crippen molar-refractivity contribution >= 4 is 23.4 Å². The monoisotopic (exact) mass is 489 g/mol. The highest BCUT2D eigenvalue weighted by molar-refractivity contribution is 7.98. The van der Waals surface area contributed by atoms with Crippen LogP contribution in [0.1, 0.15) is 17.3 Å². The Morgan fingerprint density at radius 3 is 2.44 bits per heavy atom. The lowest BCUT2D eigenvalue weighted by Gasteiger charge is -2.11. The van der Waals surface area contributed by atoms with Crippen LogP contribution in [-0.4, -0.2) is 25.0 Å². The first-order valence-corrected chi connectivity index (χ1v) is 11.9. The van der Waals surface area contributed by atoms with E-state index in [0.29, 0.717) is 33.5 Å². The van der Waals surface area contributed by atoms with Gasteiger partial charge in [0.1, 0.15) is 12.4 Å². The Bertz CT molecular complexity index is 1390. The predicted octanol–water partition coefficient (Wildman–Crippen LogP) is 6.15. The van der Waals surface area contributed by atoms with Crippen molar-refractivity contribution < 1.29 is 9.15 Å². The van der Waals surface area contributed by atoms with Crippen molar-refractivity contribution in [1.29, 1.82) is 0 Å². The van der Waals surface area contributed by atoms with Crippen LogP contribution >= 0.6 is 23.4 Å². The van der Waals surface area contributed by atoms with Crippen LogP contribution < -0.4 is 4.74 Å². The molecule has 2 heterocycles. The van der Waals surface area contributed by atoms with Gasteiger partial charge in [-0.1, -0.05) is 59.8 Å². The quantitative estimate of drug-likeness (QED) is 0.242. The Balaban J connectivity index is 1.35. The van der Waals surface area contributed by atoms with Crippen LogP contribution in [0.2, 0.25) is 5.02 Å². The van der Waals surface area contributed by atoms with Crippen LogP contribution in [0.3, 0.4) is 0 Å². The molecule has 0 aliphatic rings. The van der Waals surface area contributed by atoms with E-state index in [0.717, 1.165) is 22.6 Å². The Morgan fingerprint density at radius 2 is 1.65 bits per heavy atom. The number of aromatic nitrogens is 5. The molecule has 3 aromatic carbocycles. The average molecular weight is 490 g/mol. The zero-order valence-electron chi connectivity index (χ0n) is 18.3.